The zero-order valence-electron chi connectivity index (χ0n) is 15.2. The van der Waals surface area contributed by atoms with Crippen LogP contribution in [0.3, 0.4) is 0 Å². The van der Waals surface area contributed by atoms with Gasteiger partial charge in [0.1, 0.15) is 0 Å². The molecule has 6 heteroatoms. The Hall–Kier alpha value is -0.690. The molecule has 2 saturated heterocycles. The number of likely N-dealkylation sites (tertiary alicyclic amines) is 1. The number of methoxy groups -OCH3 is 1. The summed E-state index contributed by atoms with van der Waals surface area (Å²) in [4.78, 5) is 21.5. The molecule has 0 spiro atoms. The van der Waals surface area contributed by atoms with Crippen molar-refractivity contribution < 1.29 is 9.53 Å². The predicted octanol–water partition coefficient (Wildman–Crippen LogP) is 0.0506. The molecule has 0 aliphatic carbocycles. The summed E-state index contributed by atoms with van der Waals surface area (Å²) in [5.41, 5.74) is 0. The highest BCUT2D eigenvalue weighted by Gasteiger charge is 2.25. The zero-order valence-corrected chi connectivity index (χ0v) is 15.2. The van der Waals surface area contributed by atoms with Crippen molar-refractivity contribution >= 4 is 5.91 Å². The number of carbonyl (C=O) groups is 1. The molecule has 0 aromatic heterocycles. The number of amides is 1. The predicted molar refractivity (Wildman–Crippen MR) is 92.6 cm³/mol. The third kappa shape index (κ3) is 6.37. The van der Waals surface area contributed by atoms with Crippen LogP contribution in [0.4, 0.5) is 0 Å². The molecule has 2 aliphatic rings. The van der Waals surface area contributed by atoms with Gasteiger partial charge in [0.2, 0.25) is 5.91 Å². The van der Waals surface area contributed by atoms with E-state index in [1.54, 1.807) is 7.11 Å². The van der Waals surface area contributed by atoms with Gasteiger partial charge >= 0.3 is 0 Å². The lowest BCUT2D eigenvalue weighted by Crippen LogP contribution is -2.42. The third-order valence-corrected chi connectivity index (χ3v) is 5.11. The van der Waals surface area contributed by atoms with Crippen molar-refractivity contribution in [3.8, 4) is 0 Å². The number of rotatable bonds is 7. The monoisotopic (exact) mass is 326 g/mol. The van der Waals surface area contributed by atoms with Crippen molar-refractivity contribution in [1.29, 1.82) is 0 Å². The van der Waals surface area contributed by atoms with Crippen LogP contribution in [0.25, 0.3) is 0 Å². The van der Waals surface area contributed by atoms with Crippen molar-refractivity contribution in [2.45, 2.75) is 12.8 Å². The topological polar surface area (TPSA) is 39.3 Å². The molecule has 6 nitrogen and oxygen atoms in total. The molecule has 0 N–H and O–H groups in total. The standard InChI is InChI=1S/C17H34N4O2/c1-18-6-4-7-20(10-9-18)15-17(22)19(2)13-16-5-8-21(14-16)11-12-23-3/h16H,4-15H2,1-3H3/t16-/m1/s1. The molecule has 2 rings (SSSR count). The van der Waals surface area contributed by atoms with Gasteiger partial charge in [-0.1, -0.05) is 0 Å². The van der Waals surface area contributed by atoms with E-state index in [0.717, 1.165) is 65.4 Å². The molecular weight excluding hydrogens is 292 g/mol. The van der Waals surface area contributed by atoms with Crippen molar-refractivity contribution in [1.82, 2.24) is 19.6 Å². The second-order valence-electron chi connectivity index (χ2n) is 7.16. The molecule has 2 fully saturated rings. The van der Waals surface area contributed by atoms with Crippen LogP contribution in [0.2, 0.25) is 0 Å². The van der Waals surface area contributed by atoms with E-state index >= 15 is 0 Å². The fourth-order valence-electron chi connectivity index (χ4n) is 3.54. The van der Waals surface area contributed by atoms with Gasteiger partial charge in [0.05, 0.1) is 13.2 Å². The molecule has 0 unspecified atom stereocenters. The molecule has 134 valence electrons. The lowest BCUT2D eigenvalue weighted by Gasteiger charge is -2.26. The van der Waals surface area contributed by atoms with E-state index in [1.807, 2.05) is 11.9 Å². The molecule has 1 atom stereocenters. The van der Waals surface area contributed by atoms with Gasteiger partial charge in [-0.15, -0.1) is 0 Å². The van der Waals surface area contributed by atoms with Crippen molar-refractivity contribution in [2.24, 2.45) is 5.92 Å². The van der Waals surface area contributed by atoms with E-state index in [4.69, 9.17) is 4.74 Å². The van der Waals surface area contributed by atoms with Crippen LogP contribution >= 0.6 is 0 Å². The Kier molecular flexibility index (Phi) is 7.76. The maximum atomic E-state index is 12.5. The quantitative estimate of drug-likeness (QED) is 0.661. The minimum atomic E-state index is 0.268. The number of ether oxygens (including phenoxy) is 1. The van der Waals surface area contributed by atoms with Crippen LogP contribution in [-0.2, 0) is 9.53 Å². The third-order valence-electron chi connectivity index (χ3n) is 5.11. The van der Waals surface area contributed by atoms with Crippen molar-refractivity contribution in [2.75, 3.05) is 86.7 Å². The van der Waals surface area contributed by atoms with Gasteiger partial charge in [-0.05, 0) is 45.4 Å². The summed E-state index contributed by atoms with van der Waals surface area (Å²) in [6, 6.07) is 0. The van der Waals surface area contributed by atoms with E-state index in [0.29, 0.717) is 12.5 Å². The first-order valence-electron chi connectivity index (χ1n) is 8.94. The Bertz CT molecular complexity index is 367. The van der Waals surface area contributed by atoms with E-state index in [9.17, 15) is 4.79 Å². The summed E-state index contributed by atoms with van der Waals surface area (Å²) < 4.78 is 5.15. The fourth-order valence-corrected chi connectivity index (χ4v) is 3.54. The van der Waals surface area contributed by atoms with Gasteiger partial charge in [-0.3, -0.25) is 9.69 Å². The summed E-state index contributed by atoms with van der Waals surface area (Å²) in [7, 11) is 5.87. The SMILES string of the molecule is COCCN1CC[C@H](CN(C)C(=O)CN2CCCN(C)CC2)C1. The molecule has 23 heavy (non-hydrogen) atoms. The first-order valence-corrected chi connectivity index (χ1v) is 8.94. The minimum absolute atomic E-state index is 0.268. The van der Waals surface area contributed by atoms with Gasteiger partial charge in [0, 0.05) is 46.9 Å². The smallest absolute Gasteiger partial charge is 0.236 e. The van der Waals surface area contributed by atoms with Gasteiger partial charge in [-0.25, -0.2) is 0 Å². The summed E-state index contributed by atoms with van der Waals surface area (Å²) in [5, 5.41) is 0. The highest BCUT2D eigenvalue weighted by atomic mass is 16.5. The molecule has 2 heterocycles. The summed E-state index contributed by atoms with van der Waals surface area (Å²) in [6.07, 6.45) is 2.35. The van der Waals surface area contributed by atoms with Gasteiger partial charge < -0.3 is 19.4 Å². The Labute approximate surface area is 141 Å². The number of carbonyl (C=O) groups excluding carboxylic acids is 1. The van der Waals surface area contributed by atoms with Crippen LogP contribution in [0.5, 0.6) is 0 Å². The van der Waals surface area contributed by atoms with Gasteiger partial charge in [0.25, 0.3) is 0 Å². The number of likely N-dealkylation sites (N-methyl/N-ethyl adjacent to an activating group) is 2. The first kappa shape index (κ1) is 18.6. The van der Waals surface area contributed by atoms with Crippen LogP contribution in [0.15, 0.2) is 0 Å². The maximum Gasteiger partial charge on any atom is 0.236 e. The normalized spacial score (nSPS) is 24.7. The Morgan fingerprint density at radius 2 is 2.00 bits per heavy atom. The molecule has 0 aromatic rings. The largest absolute Gasteiger partial charge is 0.383 e. The van der Waals surface area contributed by atoms with Gasteiger partial charge in [0.15, 0.2) is 0 Å². The van der Waals surface area contributed by atoms with E-state index < -0.39 is 0 Å². The highest BCUT2D eigenvalue weighted by molar-refractivity contribution is 5.78. The number of nitrogens with zero attached hydrogens (tertiary/aromatic N) is 4. The molecule has 0 aromatic carbocycles. The maximum absolute atomic E-state index is 12.5. The lowest BCUT2D eigenvalue weighted by molar-refractivity contribution is -0.131. The lowest BCUT2D eigenvalue weighted by atomic mass is 10.1. The fraction of sp³-hybridized carbons (Fsp3) is 0.941. The molecule has 0 saturated carbocycles. The molecule has 2 aliphatic heterocycles. The van der Waals surface area contributed by atoms with Crippen molar-refractivity contribution in [3.63, 3.8) is 0 Å². The summed E-state index contributed by atoms with van der Waals surface area (Å²) >= 11 is 0. The second-order valence-corrected chi connectivity index (χ2v) is 7.16. The van der Waals surface area contributed by atoms with E-state index in [-0.39, 0.29) is 5.91 Å². The Morgan fingerprint density at radius 1 is 1.17 bits per heavy atom. The van der Waals surface area contributed by atoms with E-state index in [2.05, 4.69) is 21.7 Å². The van der Waals surface area contributed by atoms with Crippen LogP contribution < -0.4 is 0 Å². The van der Waals surface area contributed by atoms with Crippen LogP contribution in [-0.4, -0.2) is 112 Å². The van der Waals surface area contributed by atoms with Crippen LogP contribution in [0, 0.1) is 5.92 Å². The summed E-state index contributed by atoms with van der Waals surface area (Å²) in [5.74, 6) is 0.876. The average Bonchev–Trinajstić information content (AvgIpc) is 2.87. The Balaban J connectivity index is 1.68. The average molecular weight is 326 g/mol. The highest BCUT2D eigenvalue weighted by Crippen LogP contribution is 2.17. The number of hydrogen-bond acceptors (Lipinski definition) is 5. The summed E-state index contributed by atoms with van der Waals surface area (Å²) in [6.45, 7) is 9.73. The minimum Gasteiger partial charge on any atom is -0.383 e. The molecule has 1 amide bonds. The second kappa shape index (κ2) is 9.57. The van der Waals surface area contributed by atoms with Gasteiger partial charge in [-0.2, -0.15) is 0 Å². The van der Waals surface area contributed by atoms with Crippen molar-refractivity contribution in [3.05, 3.63) is 0 Å². The molecule has 0 radical (unpaired) electrons. The van der Waals surface area contributed by atoms with E-state index in [1.165, 1.54) is 6.42 Å². The number of hydrogen-bond donors (Lipinski definition) is 0. The van der Waals surface area contributed by atoms with Crippen LogP contribution in [0.1, 0.15) is 12.8 Å². The molecular formula is C17H34N4O2. The zero-order chi connectivity index (χ0) is 16.7. The first-order chi connectivity index (χ1) is 11.1. The Morgan fingerprint density at radius 3 is 2.78 bits per heavy atom. The molecule has 0 bridgehead atoms.